The summed E-state index contributed by atoms with van der Waals surface area (Å²) in [6.07, 6.45) is 5.04. The highest BCUT2D eigenvalue weighted by molar-refractivity contribution is 8.04. The molecule has 1 aliphatic heterocycles. The summed E-state index contributed by atoms with van der Waals surface area (Å²) in [5, 5.41) is 0.193. The van der Waals surface area contributed by atoms with Crippen molar-refractivity contribution >= 4 is 29.1 Å². The van der Waals surface area contributed by atoms with Crippen molar-refractivity contribution in [1.29, 1.82) is 0 Å². The van der Waals surface area contributed by atoms with Crippen LogP contribution < -0.4 is 0 Å². The lowest BCUT2D eigenvalue weighted by atomic mass is 9.94. The lowest BCUT2D eigenvalue weighted by molar-refractivity contribution is -0.139. The number of amides is 2. The average molecular weight is 347 g/mol. The summed E-state index contributed by atoms with van der Waals surface area (Å²) in [4.78, 5) is 28.0. The standard InChI is InChI=1S/C19H22FNO2S/c1-12(2)24-17-16(13-8-10-14(20)11-9-13)18(22)21(19(17)23)15-6-4-3-5-7-15/h8-12,15H,3-7H2,1-2H3. The van der Waals surface area contributed by atoms with Crippen LogP contribution in [0.1, 0.15) is 51.5 Å². The van der Waals surface area contributed by atoms with E-state index < -0.39 is 0 Å². The van der Waals surface area contributed by atoms with Crippen LogP contribution in [0.25, 0.3) is 5.57 Å². The van der Waals surface area contributed by atoms with Gasteiger partial charge in [-0.25, -0.2) is 4.39 Å². The van der Waals surface area contributed by atoms with Gasteiger partial charge in [-0.3, -0.25) is 14.5 Å². The van der Waals surface area contributed by atoms with E-state index in [-0.39, 0.29) is 28.9 Å². The van der Waals surface area contributed by atoms with E-state index in [2.05, 4.69) is 0 Å². The van der Waals surface area contributed by atoms with Gasteiger partial charge in [0, 0.05) is 11.3 Å². The molecule has 1 aromatic carbocycles. The highest BCUT2D eigenvalue weighted by atomic mass is 32.2. The zero-order valence-electron chi connectivity index (χ0n) is 14.0. The maximum absolute atomic E-state index is 13.2. The Balaban J connectivity index is 1.99. The first-order chi connectivity index (χ1) is 11.5. The molecule has 0 spiro atoms. The molecular weight excluding hydrogens is 325 g/mol. The Labute approximate surface area is 146 Å². The number of carbonyl (C=O) groups excluding carboxylic acids is 2. The molecule has 5 heteroatoms. The van der Waals surface area contributed by atoms with Crippen molar-refractivity contribution in [1.82, 2.24) is 4.90 Å². The molecule has 1 aromatic rings. The number of carbonyl (C=O) groups is 2. The number of benzene rings is 1. The monoisotopic (exact) mass is 347 g/mol. The molecule has 1 saturated carbocycles. The van der Waals surface area contributed by atoms with Crippen molar-refractivity contribution in [3.05, 3.63) is 40.6 Å². The number of halogens is 1. The summed E-state index contributed by atoms with van der Waals surface area (Å²) in [6.45, 7) is 4.00. The molecule has 2 aliphatic rings. The van der Waals surface area contributed by atoms with Crippen LogP contribution in [0.5, 0.6) is 0 Å². The number of nitrogens with zero attached hydrogens (tertiary/aromatic N) is 1. The van der Waals surface area contributed by atoms with Gasteiger partial charge < -0.3 is 0 Å². The number of hydrogen-bond acceptors (Lipinski definition) is 3. The predicted molar refractivity (Wildman–Crippen MR) is 94.8 cm³/mol. The molecule has 0 aromatic heterocycles. The molecule has 2 amide bonds. The zero-order valence-corrected chi connectivity index (χ0v) is 14.9. The Hall–Kier alpha value is -1.62. The highest BCUT2D eigenvalue weighted by Gasteiger charge is 2.43. The first-order valence-corrected chi connectivity index (χ1v) is 9.41. The second-order valence-corrected chi connectivity index (χ2v) is 8.24. The third-order valence-electron chi connectivity index (χ3n) is 4.50. The number of thioether (sulfide) groups is 1. The van der Waals surface area contributed by atoms with Gasteiger partial charge in [0.05, 0.1) is 10.5 Å². The predicted octanol–water partition coefficient (Wildman–Crippen LogP) is 4.38. The Bertz CT molecular complexity index is 675. The van der Waals surface area contributed by atoms with E-state index >= 15 is 0 Å². The third-order valence-corrected chi connectivity index (χ3v) is 5.58. The number of imide groups is 1. The first-order valence-electron chi connectivity index (χ1n) is 8.54. The van der Waals surface area contributed by atoms with Gasteiger partial charge in [-0.15, -0.1) is 11.8 Å². The molecule has 128 valence electrons. The van der Waals surface area contributed by atoms with Crippen LogP contribution in [0.15, 0.2) is 29.2 Å². The molecule has 0 atom stereocenters. The molecule has 0 saturated heterocycles. The van der Waals surface area contributed by atoms with E-state index in [9.17, 15) is 14.0 Å². The summed E-state index contributed by atoms with van der Waals surface area (Å²) in [5.41, 5.74) is 1.06. The van der Waals surface area contributed by atoms with Crippen molar-refractivity contribution in [3.63, 3.8) is 0 Å². The van der Waals surface area contributed by atoms with Crippen LogP contribution in [0.2, 0.25) is 0 Å². The van der Waals surface area contributed by atoms with Crippen molar-refractivity contribution < 1.29 is 14.0 Å². The molecule has 24 heavy (non-hydrogen) atoms. The fourth-order valence-corrected chi connectivity index (χ4v) is 4.41. The molecule has 3 rings (SSSR count). The molecule has 0 unspecified atom stereocenters. The van der Waals surface area contributed by atoms with Gasteiger partial charge in [0.15, 0.2) is 0 Å². The van der Waals surface area contributed by atoms with Crippen molar-refractivity contribution in [2.75, 3.05) is 0 Å². The molecule has 3 nitrogen and oxygen atoms in total. The smallest absolute Gasteiger partial charge is 0.268 e. The second-order valence-electron chi connectivity index (χ2n) is 6.65. The minimum absolute atomic E-state index is 0.000499. The molecule has 0 bridgehead atoms. The molecule has 1 aliphatic carbocycles. The quantitative estimate of drug-likeness (QED) is 0.759. The molecular formula is C19H22FNO2S. The Morgan fingerprint density at radius 1 is 1.04 bits per heavy atom. The maximum Gasteiger partial charge on any atom is 0.268 e. The normalized spacial score (nSPS) is 19.8. The minimum atomic E-state index is -0.349. The number of rotatable bonds is 4. The van der Waals surface area contributed by atoms with Crippen LogP contribution in [0, 0.1) is 5.82 Å². The van der Waals surface area contributed by atoms with E-state index in [0.717, 1.165) is 25.7 Å². The van der Waals surface area contributed by atoms with Gasteiger partial charge in [0.25, 0.3) is 11.8 Å². The summed E-state index contributed by atoms with van der Waals surface area (Å²) in [7, 11) is 0. The van der Waals surface area contributed by atoms with Gasteiger partial charge >= 0.3 is 0 Å². The minimum Gasteiger partial charge on any atom is -0.271 e. The zero-order chi connectivity index (χ0) is 17.3. The molecule has 0 N–H and O–H groups in total. The van der Waals surface area contributed by atoms with Crippen molar-refractivity contribution in [3.8, 4) is 0 Å². The molecule has 1 fully saturated rings. The topological polar surface area (TPSA) is 37.4 Å². The summed E-state index contributed by atoms with van der Waals surface area (Å²) >= 11 is 1.42. The van der Waals surface area contributed by atoms with Crippen LogP contribution >= 0.6 is 11.8 Å². The van der Waals surface area contributed by atoms with Crippen molar-refractivity contribution in [2.45, 2.75) is 57.2 Å². The second kappa shape index (κ2) is 7.09. The van der Waals surface area contributed by atoms with Crippen LogP contribution in [-0.2, 0) is 9.59 Å². The lowest BCUT2D eigenvalue weighted by Gasteiger charge is -2.30. The Kier molecular flexibility index (Phi) is 5.09. The summed E-state index contributed by atoms with van der Waals surface area (Å²) in [6, 6.07) is 5.84. The van der Waals surface area contributed by atoms with Gasteiger partial charge in [-0.1, -0.05) is 45.2 Å². The fraction of sp³-hybridized carbons (Fsp3) is 0.474. The van der Waals surface area contributed by atoms with Crippen molar-refractivity contribution in [2.24, 2.45) is 0 Å². The van der Waals surface area contributed by atoms with E-state index in [1.165, 1.54) is 35.2 Å². The van der Waals surface area contributed by atoms with E-state index in [0.29, 0.717) is 16.0 Å². The summed E-state index contributed by atoms with van der Waals surface area (Å²) < 4.78 is 13.2. The maximum atomic E-state index is 13.2. The van der Waals surface area contributed by atoms with Gasteiger partial charge in [-0.2, -0.15) is 0 Å². The molecule has 0 radical (unpaired) electrons. The Morgan fingerprint density at radius 3 is 2.25 bits per heavy atom. The van der Waals surface area contributed by atoms with Gasteiger partial charge in [0.2, 0.25) is 0 Å². The van der Waals surface area contributed by atoms with Crippen LogP contribution in [0.3, 0.4) is 0 Å². The van der Waals surface area contributed by atoms with Crippen LogP contribution in [0.4, 0.5) is 4.39 Å². The van der Waals surface area contributed by atoms with E-state index in [1.807, 2.05) is 13.8 Å². The highest BCUT2D eigenvalue weighted by Crippen LogP contribution is 2.40. The fourth-order valence-electron chi connectivity index (χ4n) is 3.41. The van der Waals surface area contributed by atoms with Crippen LogP contribution in [-0.4, -0.2) is 28.0 Å². The summed E-state index contributed by atoms with van der Waals surface area (Å²) in [5.74, 6) is -0.745. The van der Waals surface area contributed by atoms with E-state index in [4.69, 9.17) is 0 Å². The molecule has 1 heterocycles. The first kappa shape index (κ1) is 17.2. The van der Waals surface area contributed by atoms with E-state index in [1.54, 1.807) is 12.1 Å². The SMILES string of the molecule is CC(C)SC1=C(c2ccc(F)cc2)C(=O)N(C2CCCCC2)C1=O. The lowest BCUT2D eigenvalue weighted by Crippen LogP contribution is -2.42. The Morgan fingerprint density at radius 2 is 1.67 bits per heavy atom. The number of hydrogen-bond donors (Lipinski definition) is 0. The third kappa shape index (κ3) is 3.27. The van der Waals surface area contributed by atoms with Gasteiger partial charge in [0.1, 0.15) is 5.82 Å². The van der Waals surface area contributed by atoms with Gasteiger partial charge in [-0.05, 0) is 30.5 Å². The largest absolute Gasteiger partial charge is 0.271 e. The average Bonchev–Trinajstić information content (AvgIpc) is 2.79.